The molecule has 0 saturated carbocycles. The Labute approximate surface area is 167 Å². The molecule has 0 aliphatic carbocycles. The SMILES string of the molecule is NC(C(=O)NCCCOC1CCN(Cc2ccccc2)CC1)c1ccccc1. The lowest BCUT2D eigenvalue weighted by atomic mass is 10.1. The number of hydrogen-bond donors (Lipinski definition) is 2. The van der Waals surface area contributed by atoms with Gasteiger partial charge in [0.2, 0.25) is 5.91 Å². The fourth-order valence-electron chi connectivity index (χ4n) is 3.53. The van der Waals surface area contributed by atoms with Crippen molar-refractivity contribution < 1.29 is 9.53 Å². The van der Waals surface area contributed by atoms with Gasteiger partial charge in [-0.05, 0) is 30.4 Å². The van der Waals surface area contributed by atoms with Gasteiger partial charge < -0.3 is 15.8 Å². The largest absolute Gasteiger partial charge is 0.378 e. The monoisotopic (exact) mass is 381 g/mol. The van der Waals surface area contributed by atoms with E-state index >= 15 is 0 Å². The summed E-state index contributed by atoms with van der Waals surface area (Å²) in [6, 6.07) is 19.4. The molecule has 1 saturated heterocycles. The van der Waals surface area contributed by atoms with E-state index in [2.05, 4.69) is 40.5 Å². The summed E-state index contributed by atoms with van der Waals surface area (Å²) >= 11 is 0. The number of nitrogens with one attached hydrogen (secondary N) is 1. The average Bonchev–Trinajstić information content (AvgIpc) is 2.75. The van der Waals surface area contributed by atoms with Crippen LogP contribution in [0.2, 0.25) is 0 Å². The maximum atomic E-state index is 12.1. The zero-order chi connectivity index (χ0) is 19.6. The lowest BCUT2D eigenvalue weighted by Gasteiger charge is -2.32. The van der Waals surface area contributed by atoms with Crippen molar-refractivity contribution in [3.8, 4) is 0 Å². The van der Waals surface area contributed by atoms with Gasteiger partial charge in [0.05, 0.1) is 6.10 Å². The van der Waals surface area contributed by atoms with Crippen LogP contribution in [0.4, 0.5) is 0 Å². The van der Waals surface area contributed by atoms with Crippen molar-refractivity contribution in [3.05, 3.63) is 71.8 Å². The number of rotatable bonds is 9. The van der Waals surface area contributed by atoms with E-state index in [1.54, 1.807) is 0 Å². The highest BCUT2D eigenvalue weighted by Gasteiger charge is 2.19. The molecular weight excluding hydrogens is 350 g/mol. The minimum atomic E-state index is -0.615. The number of nitrogens with zero attached hydrogens (tertiary/aromatic N) is 1. The van der Waals surface area contributed by atoms with Crippen molar-refractivity contribution >= 4 is 5.91 Å². The highest BCUT2D eigenvalue weighted by Crippen LogP contribution is 2.16. The molecule has 0 aromatic heterocycles. The number of hydrogen-bond acceptors (Lipinski definition) is 4. The minimum absolute atomic E-state index is 0.138. The maximum Gasteiger partial charge on any atom is 0.241 e. The molecule has 1 aliphatic rings. The molecule has 1 heterocycles. The molecule has 0 bridgehead atoms. The fourth-order valence-corrected chi connectivity index (χ4v) is 3.53. The maximum absolute atomic E-state index is 12.1. The molecule has 1 aliphatic heterocycles. The van der Waals surface area contributed by atoms with Crippen molar-refractivity contribution in [1.29, 1.82) is 0 Å². The smallest absolute Gasteiger partial charge is 0.241 e. The molecule has 0 radical (unpaired) electrons. The Morgan fingerprint density at radius 2 is 1.71 bits per heavy atom. The normalized spacial score (nSPS) is 16.6. The summed E-state index contributed by atoms with van der Waals surface area (Å²) in [7, 11) is 0. The summed E-state index contributed by atoms with van der Waals surface area (Å²) in [6.45, 7) is 4.42. The van der Waals surface area contributed by atoms with Crippen LogP contribution in [-0.2, 0) is 16.1 Å². The highest BCUT2D eigenvalue weighted by atomic mass is 16.5. The van der Waals surface area contributed by atoms with Crippen LogP contribution in [0.5, 0.6) is 0 Å². The summed E-state index contributed by atoms with van der Waals surface area (Å²) in [5, 5.41) is 2.90. The molecule has 1 atom stereocenters. The van der Waals surface area contributed by atoms with Crippen LogP contribution in [0.3, 0.4) is 0 Å². The molecule has 5 nitrogen and oxygen atoms in total. The Bertz CT molecular complexity index is 700. The van der Waals surface area contributed by atoms with Crippen molar-refractivity contribution in [1.82, 2.24) is 10.2 Å². The summed E-state index contributed by atoms with van der Waals surface area (Å²) in [6.07, 6.45) is 3.27. The van der Waals surface area contributed by atoms with Crippen LogP contribution in [0.25, 0.3) is 0 Å². The number of amides is 1. The standard InChI is InChI=1S/C23H31N3O2/c24-22(20-10-5-2-6-11-20)23(27)25-14-7-17-28-21-12-15-26(16-13-21)18-19-8-3-1-4-9-19/h1-6,8-11,21-22H,7,12-18,24H2,(H,25,27). The zero-order valence-electron chi connectivity index (χ0n) is 16.4. The minimum Gasteiger partial charge on any atom is -0.378 e. The lowest BCUT2D eigenvalue weighted by Crippen LogP contribution is -2.37. The number of likely N-dealkylation sites (tertiary alicyclic amines) is 1. The molecular formula is C23H31N3O2. The van der Waals surface area contributed by atoms with Gasteiger partial charge in [-0.1, -0.05) is 60.7 Å². The number of nitrogens with two attached hydrogens (primary N) is 1. The highest BCUT2D eigenvalue weighted by molar-refractivity contribution is 5.82. The van der Waals surface area contributed by atoms with E-state index < -0.39 is 6.04 Å². The molecule has 28 heavy (non-hydrogen) atoms. The molecule has 1 amide bonds. The van der Waals surface area contributed by atoms with Crippen molar-refractivity contribution in [2.45, 2.75) is 38.0 Å². The summed E-state index contributed by atoms with van der Waals surface area (Å²) < 4.78 is 6.00. The van der Waals surface area contributed by atoms with Crippen LogP contribution < -0.4 is 11.1 Å². The number of piperidine rings is 1. The second kappa shape index (κ2) is 11.0. The quantitative estimate of drug-likeness (QED) is 0.656. The van der Waals surface area contributed by atoms with E-state index in [-0.39, 0.29) is 5.91 Å². The molecule has 0 spiro atoms. The van der Waals surface area contributed by atoms with E-state index in [1.165, 1.54) is 5.56 Å². The lowest BCUT2D eigenvalue weighted by molar-refractivity contribution is -0.122. The number of carbonyl (C=O) groups is 1. The van der Waals surface area contributed by atoms with Gasteiger partial charge in [0, 0.05) is 32.8 Å². The first-order chi connectivity index (χ1) is 13.7. The number of benzene rings is 2. The van der Waals surface area contributed by atoms with Crippen LogP contribution in [0.1, 0.15) is 36.4 Å². The second-order valence-electron chi connectivity index (χ2n) is 7.36. The summed E-state index contributed by atoms with van der Waals surface area (Å²) in [5.74, 6) is -0.138. The van der Waals surface area contributed by atoms with E-state index in [0.717, 1.165) is 44.5 Å². The third-order valence-electron chi connectivity index (χ3n) is 5.20. The molecule has 1 fully saturated rings. The predicted molar refractivity (Wildman–Crippen MR) is 112 cm³/mol. The number of ether oxygens (including phenoxy) is 1. The van der Waals surface area contributed by atoms with Crippen LogP contribution in [-0.4, -0.2) is 43.2 Å². The first kappa shape index (κ1) is 20.5. The van der Waals surface area contributed by atoms with Gasteiger partial charge in [-0.3, -0.25) is 9.69 Å². The third kappa shape index (κ3) is 6.44. The Hall–Kier alpha value is -2.21. The van der Waals surface area contributed by atoms with Gasteiger partial charge in [-0.15, -0.1) is 0 Å². The Morgan fingerprint density at radius 3 is 2.39 bits per heavy atom. The first-order valence-corrected chi connectivity index (χ1v) is 10.2. The van der Waals surface area contributed by atoms with Crippen LogP contribution >= 0.6 is 0 Å². The second-order valence-corrected chi connectivity index (χ2v) is 7.36. The van der Waals surface area contributed by atoms with E-state index in [0.29, 0.717) is 19.3 Å². The molecule has 150 valence electrons. The van der Waals surface area contributed by atoms with Crippen molar-refractivity contribution in [2.24, 2.45) is 5.73 Å². The molecule has 3 N–H and O–H groups in total. The zero-order valence-corrected chi connectivity index (χ0v) is 16.4. The molecule has 1 unspecified atom stereocenters. The average molecular weight is 382 g/mol. The van der Waals surface area contributed by atoms with Crippen LogP contribution in [0.15, 0.2) is 60.7 Å². The van der Waals surface area contributed by atoms with Crippen molar-refractivity contribution in [3.63, 3.8) is 0 Å². The van der Waals surface area contributed by atoms with Gasteiger partial charge >= 0.3 is 0 Å². The Morgan fingerprint density at radius 1 is 1.07 bits per heavy atom. The first-order valence-electron chi connectivity index (χ1n) is 10.2. The third-order valence-corrected chi connectivity index (χ3v) is 5.20. The fraction of sp³-hybridized carbons (Fsp3) is 0.435. The van der Waals surface area contributed by atoms with Gasteiger partial charge in [0.1, 0.15) is 6.04 Å². The molecule has 3 rings (SSSR count). The molecule has 2 aromatic rings. The predicted octanol–water partition coefficient (Wildman–Crippen LogP) is 2.87. The van der Waals surface area contributed by atoms with E-state index in [1.807, 2.05) is 30.3 Å². The van der Waals surface area contributed by atoms with Gasteiger partial charge in [0.15, 0.2) is 0 Å². The Kier molecular flexibility index (Phi) is 8.03. The van der Waals surface area contributed by atoms with Gasteiger partial charge in [-0.2, -0.15) is 0 Å². The summed E-state index contributed by atoms with van der Waals surface area (Å²) in [5.41, 5.74) is 8.19. The Balaban J connectivity index is 1.26. The van der Waals surface area contributed by atoms with Crippen LogP contribution in [0, 0.1) is 0 Å². The summed E-state index contributed by atoms with van der Waals surface area (Å²) in [4.78, 5) is 14.6. The van der Waals surface area contributed by atoms with E-state index in [9.17, 15) is 4.79 Å². The van der Waals surface area contributed by atoms with E-state index in [4.69, 9.17) is 10.5 Å². The topological polar surface area (TPSA) is 67.6 Å². The van der Waals surface area contributed by atoms with Crippen molar-refractivity contribution in [2.75, 3.05) is 26.2 Å². The number of carbonyl (C=O) groups excluding carboxylic acids is 1. The molecule has 5 heteroatoms. The van der Waals surface area contributed by atoms with Gasteiger partial charge in [0.25, 0.3) is 0 Å². The molecule has 2 aromatic carbocycles. The van der Waals surface area contributed by atoms with Gasteiger partial charge in [-0.25, -0.2) is 0 Å².